The number of aliphatic hydroxyl groups is 1. The van der Waals surface area contributed by atoms with E-state index in [0.29, 0.717) is 37.9 Å². The van der Waals surface area contributed by atoms with Crippen LogP contribution < -0.4 is 10.2 Å². The number of hydrogen-bond acceptors (Lipinski definition) is 6. The van der Waals surface area contributed by atoms with Gasteiger partial charge in [-0.2, -0.15) is 13.2 Å². The van der Waals surface area contributed by atoms with Gasteiger partial charge in [-0.3, -0.25) is 4.79 Å². The van der Waals surface area contributed by atoms with Gasteiger partial charge in [-0.25, -0.2) is 4.98 Å². The molecule has 34 heavy (non-hydrogen) atoms. The molecule has 5 rings (SSSR count). The highest BCUT2D eigenvalue weighted by molar-refractivity contribution is 5.88. The van der Waals surface area contributed by atoms with E-state index in [1.54, 1.807) is 16.7 Å². The summed E-state index contributed by atoms with van der Waals surface area (Å²) in [7, 11) is 0. The lowest BCUT2D eigenvalue weighted by molar-refractivity contribution is -0.141. The predicted octanol–water partition coefficient (Wildman–Crippen LogP) is 2.44. The van der Waals surface area contributed by atoms with E-state index in [-0.39, 0.29) is 24.3 Å². The normalized spacial score (nSPS) is 38.6. The summed E-state index contributed by atoms with van der Waals surface area (Å²) < 4.78 is 45.1. The number of nitrogens with zero attached hydrogens (tertiary/aromatic N) is 3. The van der Waals surface area contributed by atoms with Crippen LogP contribution in [0.25, 0.3) is 0 Å². The molecular weight excluding hydrogens is 449 g/mol. The number of rotatable bonds is 3. The maximum atomic E-state index is 13.6. The summed E-state index contributed by atoms with van der Waals surface area (Å²) in [6, 6.07) is 1.98. The summed E-state index contributed by atoms with van der Waals surface area (Å²) in [5, 5.41) is 15.5. The fourth-order valence-electron chi connectivity index (χ4n) is 6.57. The van der Waals surface area contributed by atoms with Crippen molar-refractivity contribution in [2.45, 2.75) is 69.4 Å². The van der Waals surface area contributed by atoms with E-state index in [9.17, 15) is 23.1 Å². The molecule has 1 aromatic heterocycles. The molecule has 1 saturated carbocycles. The number of alkyl halides is 3. The summed E-state index contributed by atoms with van der Waals surface area (Å²) in [6.07, 6.45) is -0.380. The first-order chi connectivity index (χ1) is 16.0. The van der Waals surface area contributed by atoms with Gasteiger partial charge in [0.1, 0.15) is 5.82 Å². The zero-order chi connectivity index (χ0) is 24.3. The third-order valence-electron chi connectivity index (χ3n) is 8.67. The van der Waals surface area contributed by atoms with E-state index in [1.807, 2.05) is 0 Å². The van der Waals surface area contributed by atoms with Gasteiger partial charge < -0.3 is 25.0 Å². The number of carbonyl (C=O) groups excluding carboxylic acids is 1. The predicted molar refractivity (Wildman–Crippen MR) is 119 cm³/mol. The van der Waals surface area contributed by atoms with E-state index < -0.39 is 28.8 Å². The number of fused-ring (bicyclic) bond motifs is 1. The minimum absolute atomic E-state index is 0.0246. The quantitative estimate of drug-likeness (QED) is 0.689. The fourth-order valence-corrected chi connectivity index (χ4v) is 6.57. The topological polar surface area (TPSA) is 77.9 Å². The minimum atomic E-state index is -4.45. The Bertz CT molecular complexity index is 942. The first kappa shape index (κ1) is 23.8. The van der Waals surface area contributed by atoms with Crippen molar-refractivity contribution >= 4 is 11.7 Å². The first-order valence-corrected chi connectivity index (χ1v) is 12.2. The number of anilines is 1. The second kappa shape index (κ2) is 8.34. The Hall–Kier alpha value is -1.91. The summed E-state index contributed by atoms with van der Waals surface area (Å²) in [6.45, 7) is 6.34. The summed E-state index contributed by atoms with van der Waals surface area (Å²) in [4.78, 5) is 21.3. The molecule has 1 aliphatic carbocycles. The Morgan fingerprint density at radius 1 is 1.29 bits per heavy atom. The third-order valence-corrected chi connectivity index (χ3v) is 8.67. The van der Waals surface area contributed by atoms with Crippen LogP contribution in [0.1, 0.15) is 45.1 Å². The van der Waals surface area contributed by atoms with E-state index in [4.69, 9.17) is 4.74 Å². The van der Waals surface area contributed by atoms with Crippen molar-refractivity contribution in [2.24, 2.45) is 11.3 Å². The van der Waals surface area contributed by atoms with Gasteiger partial charge in [0.2, 0.25) is 5.91 Å². The second-order valence-corrected chi connectivity index (χ2v) is 10.6. The van der Waals surface area contributed by atoms with Crippen LogP contribution in [0.2, 0.25) is 0 Å². The molecule has 1 aromatic rings. The zero-order valence-electron chi connectivity index (χ0n) is 19.6. The van der Waals surface area contributed by atoms with Crippen molar-refractivity contribution in [2.75, 3.05) is 37.7 Å². The Balaban J connectivity index is 1.33. The van der Waals surface area contributed by atoms with Gasteiger partial charge in [0.15, 0.2) is 0 Å². The molecule has 0 radical (unpaired) electrons. The Morgan fingerprint density at radius 3 is 2.82 bits per heavy atom. The molecule has 2 N–H and O–H groups in total. The smallest absolute Gasteiger partial charge is 0.387 e. The van der Waals surface area contributed by atoms with Crippen LogP contribution in [0.3, 0.4) is 0 Å². The number of halogens is 3. The van der Waals surface area contributed by atoms with Crippen LogP contribution in [-0.2, 0) is 15.7 Å². The van der Waals surface area contributed by atoms with E-state index >= 15 is 0 Å². The van der Waals surface area contributed by atoms with Crippen LogP contribution in [-0.4, -0.2) is 77.5 Å². The minimum Gasteiger partial charge on any atom is -0.387 e. The largest absolute Gasteiger partial charge is 0.416 e. The van der Waals surface area contributed by atoms with Crippen molar-refractivity contribution in [3.63, 3.8) is 0 Å². The van der Waals surface area contributed by atoms with Gasteiger partial charge in [0.05, 0.1) is 29.2 Å². The average Bonchev–Trinajstić information content (AvgIpc) is 3.30. The molecule has 1 spiro atoms. The van der Waals surface area contributed by atoms with Gasteiger partial charge >= 0.3 is 6.18 Å². The Morgan fingerprint density at radius 2 is 2.09 bits per heavy atom. The molecule has 7 nitrogen and oxygen atoms in total. The SMILES string of the molecule is CC1COCCC1N[C@@H]1CC[C@@]2(C1)C(=O)N1CCN(c3cc(C(F)(F)F)ccn3)CC1C2(C)O. The van der Waals surface area contributed by atoms with Gasteiger partial charge in [-0.05, 0) is 50.7 Å². The molecule has 3 saturated heterocycles. The van der Waals surface area contributed by atoms with Gasteiger partial charge in [-0.1, -0.05) is 6.92 Å². The monoisotopic (exact) mass is 482 g/mol. The Kier molecular flexibility index (Phi) is 5.84. The fraction of sp³-hybridized carbons (Fsp3) is 0.750. The standard InChI is InChI=1S/C24H33F3N4O3/c1-15-14-34-10-5-18(15)29-17-3-6-23(12-17)21(32)31-9-8-30(13-19(31)22(23,2)33)20-11-16(4-7-28-20)24(25,26)27/h4,7,11,15,17-19,29,33H,3,5-6,8-10,12-14H2,1-2H3/t15?,17-,18?,19?,22?,23-/m1/s1. The lowest BCUT2D eigenvalue weighted by atomic mass is 9.70. The number of pyridine rings is 1. The molecule has 4 unspecified atom stereocenters. The van der Waals surface area contributed by atoms with Crippen LogP contribution >= 0.6 is 0 Å². The van der Waals surface area contributed by atoms with Gasteiger partial charge in [0, 0.05) is 44.5 Å². The number of ether oxygens (including phenoxy) is 1. The van der Waals surface area contributed by atoms with E-state index in [0.717, 1.165) is 44.4 Å². The molecule has 4 fully saturated rings. The highest BCUT2D eigenvalue weighted by Gasteiger charge is 2.68. The first-order valence-electron chi connectivity index (χ1n) is 12.2. The molecule has 188 valence electrons. The molecule has 10 heteroatoms. The van der Waals surface area contributed by atoms with Crippen LogP contribution in [0.15, 0.2) is 18.3 Å². The highest BCUT2D eigenvalue weighted by Crippen LogP contribution is 2.55. The van der Waals surface area contributed by atoms with E-state index in [1.165, 1.54) is 0 Å². The lowest BCUT2D eigenvalue weighted by Gasteiger charge is -2.43. The number of aromatic nitrogens is 1. The number of nitrogens with one attached hydrogen (secondary N) is 1. The lowest BCUT2D eigenvalue weighted by Crippen LogP contribution is -2.58. The summed E-state index contributed by atoms with van der Waals surface area (Å²) in [5.74, 6) is 0.589. The maximum absolute atomic E-state index is 13.6. The number of amides is 1. The second-order valence-electron chi connectivity index (χ2n) is 10.6. The van der Waals surface area contributed by atoms with E-state index in [2.05, 4.69) is 17.2 Å². The molecule has 6 atom stereocenters. The van der Waals surface area contributed by atoms with Crippen molar-refractivity contribution in [3.05, 3.63) is 23.9 Å². The summed E-state index contributed by atoms with van der Waals surface area (Å²) in [5.41, 5.74) is -2.92. The number of piperazine rings is 1. The Labute approximate surface area is 197 Å². The van der Waals surface area contributed by atoms with Crippen molar-refractivity contribution in [1.29, 1.82) is 0 Å². The highest BCUT2D eigenvalue weighted by atomic mass is 19.4. The van der Waals surface area contributed by atoms with Crippen molar-refractivity contribution < 1.29 is 27.8 Å². The molecular formula is C24H33F3N4O3. The molecule has 1 amide bonds. The molecule has 0 bridgehead atoms. The van der Waals surface area contributed by atoms with Crippen LogP contribution in [0, 0.1) is 11.3 Å². The van der Waals surface area contributed by atoms with Crippen LogP contribution in [0.5, 0.6) is 0 Å². The number of carbonyl (C=O) groups is 1. The maximum Gasteiger partial charge on any atom is 0.416 e. The molecule has 3 aliphatic heterocycles. The zero-order valence-corrected chi connectivity index (χ0v) is 19.6. The van der Waals surface area contributed by atoms with Gasteiger partial charge in [0.25, 0.3) is 0 Å². The summed E-state index contributed by atoms with van der Waals surface area (Å²) >= 11 is 0. The van der Waals surface area contributed by atoms with Crippen LogP contribution in [0.4, 0.5) is 19.0 Å². The number of hydrogen-bond donors (Lipinski definition) is 2. The van der Waals surface area contributed by atoms with Crippen molar-refractivity contribution in [3.8, 4) is 0 Å². The molecule has 4 heterocycles. The average molecular weight is 483 g/mol. The third kappa shape index (κ3) is 3.78. The van der Waals surface area contributed by atoms with Gasteiger partial charge in [-0.15, -0.1) is 0 Å². The molecule has 0 aromatic carbocycles. The molecule has 4 aliphatic rings. The van der Waals surface area contributed by atoms with Crippen molar-refractivity contribution in [1.82, 2.24) is 15.2 Å².